The van der Waals surface area contributed by atoms with Gasteiger partial charge in [-0.2, -0.15) is 4.31 Å². The lowest BCUT2D eigenvalue weighted by Crippen LogP contribution is -2.30. The van der Waals surface area contributed by atoms with Crippen molar-refractivity contribution in [2.24, 2.45) is 5.73 Å². The summed E-state index contributed by atoms with van der Waals surface area (Å²) in [4.78, 5) is 27.0. The SMILES string of the molecule is CCN(CC)S(=O)(=O)c1ccc2[nH]c(=O)cc(C(=O)NCCCN)c2c1.Cl. The second-order valence-electron chi connectivity index (χ2n) is 5.74. The molecular weight excluding hydrogens is 392 g/mol. The van der Waals surface area contributed by atoms with Crippen LogP contribution in [-0.2, 0) is 10.0 Å². The predicted octanol–water partition coefficient (Wildman–Crippen LogP) is 1.06. The number of aromatic nitrogens is 1. The van der Waals surface area contributed by atoms with Gasteiger partial charge in [0.2, 0.25) is 15.6 Å². The molecule has 2 rings (SSSR count). The molecule has 0 bridgehead atoms. The second kappa shape index (κ2) is 9.84. The molecule has 4 N–H and O–H groups in total. The summed E-state index contributed by atoms with van der Waals surface area (Å²) in [5, 5.41) is 3.07. The Morgan fingerprint density at radius 1 is 1.22 bits per heavy atom. The van der Waals surface area contributed by atoms with Crippen LogP contribution < -0.4 is 16.6 Å². The first-order valence-corrected chi connectivity index (χ1v) is 9.94. The van der Waals surface area contributed by atoms with Crippen molar-refractivity contribution in [1.29, 1.82) is 0 Å². The van der Waals surface area contributed by atoms with Crippen molar-refractivity contribution in [3.8, 4) is 0 Å². The van der Waals surface area contributed by atoms with E-state index in [4.69, 9.17) is 5.73 Å². The summed E-state index contributed by atoms with van der Waals surface area (Å²) >= 11 is 0. The number of H-pyrrole nitrogens is 1. The lowest BCUT2D eigenvalue weighted by molar-refractivity contribution is 0.0955. The largest absolute Gasteiger partial charge is 0.352 e. The molecular formula is C17H25ClN4O4S. The minimum Gasteiger partial charge on any atom is -0.352 e. The van der Waals surface area contributed by atoms with Crippen LogP contribution >= 0.6 is 12.4 Å². The van der Waals surface area contributed by atoms with E-state index < -0.39 is 21.5 Å². The normalized spacial score (nSPS) is 11.4. The van der Waals surface area contributed by atoms with Gasteiger partial charge < -0.3 is 16.0 Å². The van der Waals surface area contributed by atoms with Gasteiger partial charge in [0.1, 0.15) is 0 Å². The van der Waals surface area contributed by atoms with E-state index in [-0.39, 0.29) is 22.9 Å². The van der Waals surface area contributed by atoms with E-state index in [9.17, 15) is 18.0 Å². The number of amides is 1. The number of nitrogens with one attached hydrogen (secondary N) is 2. The summed E-state index contributed by atoms with van der Waals surface area (Å²) in [6, 6.07) is 5.54. The highest BCUT2D eigenvalue weighted by atomic mass is 35.5. The maximum atomic E-state index is 12.7. The minimum atomic E-state index is -3.67. The van der Waals surface area contributed by atoms with Crippen LogP contribution in [0.25, 0.3) is 10.9 Å². The van der Waals surface area contributed by atoms with Crippen molar-refractivity contribution in [2.75, 3.05) is 26.2 Å². The van der Waals surface area contributed by atoms with Gasteiger partial charge in [0.15, 0.2) is 0 Å². The van der Waals surface area contributed by atoms with Crippen LogP contribution in [0, 0.1) is 0 Å². The number of pyridine rings is 1. The molecule has 8 nitrogen and oxygen atoms in total. The van der Waals surface area contributed by atoms with E-state index in [2.05, 4.69) is 10.3 Å². The third-order valence-electron chi connectivity index (χ3n) is 4.07. The molecule has 1 aromatic carbocycles. The maximum absolute atomic E-state index is 12.7. The molecule has 1 amide bonds. The fourth-order valence-electron chi connectivity index (χ4n) is 2.69. The number of rotatable bonds is 8. The lowest BCUT2D eigenvalue weighted by Gasteiger charge is -2.19. The Bertz CT molecular complexity index is 955. The average molecular weight is 417 g/mol. The van der Waals surface area contributed by atoms with Crippen LogP contribution in [0.3, 0.4) is 0 Å². The summed E-state index contributed by atoms with van der Waals surface area (Å²) < 4.78 is 26.8. The fraction of sp³-hybridized carbons (Fsp3) is 0.412. The van der Waals surface area contributed by atoms with Gasteiger partial charge in [0.25, 0.3) is 5.91 Å². The third kappa shape index (κ3) is 5.07. The van der Waals surface area contributed by atoms with Gasteiger partial charge >= 0.3 is 0 Å². The maximum Gasteiger partial charge on any atom is 0.252 e. The van der Waals surface area contributed by atoms with E-state index in [0.29, 0.717) is 43.5 Å². The van der Waals surface area contributed by atoms with E-state index >= 15 is 0 Å². The number of aromatic amines is 1. The Kier molecular flexibility index (Phi) is 8.42. The molecule has 1 aromatic heterocycles. The Morgan fingerprint density at radius 2 is 1.89 bits per heavy atom. The molecule has 0 aliphatic carbocycles. The van der Waals surface area contributed by atoms with E-state index in [1.165, 1.54) is 28.6 Å². The number of nitrogens with zero attached hydrogens (tertiary/aromatic N) is 1. The number of carbonyl (C=O) groups excluding carboxylic acids is 1. The number of carbonyl (C=O) groups is 1. The molecule has 0 aliphatic rings. The second-order valence-corrected chi connectivity index (χ2v) is 7.68. The number of sulfonamides is 1. The predicted molar refractivity (Wildman–Crippen MR) is 108 cm³/mol. The van der Waals surface area contributed by atoms with Crippen LogP contribution in [0.2, 0.25) is 0 Å². The Balaban J connectivity index is 0.00000364. The topological polar surface area (TPSA) is 125 Å². The number of fused-ring (bicyclic) bond motifs is 1. The van der Waals surface area contributed by atoms with Gasteiger partial charge in [-0.25, -0.2) is 8.42 Å². The van der Waals surface area contributed by atoms with E-state index in [0.717, 1.165) is 0 Å². The van der Waals surface area contributed by atoms with Crippen molar-refractivity contribution >= 4 is 39.2 Å². The molecule has 10 heteroatoms. The molecule has 0 spiro atoms. The van der Waals surface area contributed by atoms with Gasteiger partial charge in [-0.1, -0.05) is 13.8 Å². The first-order valence-electron chi connectivity index (χ1n) is 8.50. The van der Waals surface area contributed by atoms with Gasteiger partial charge in [-0.15, -0.1) is 12.4 Å². The van der Waals surface area contributed by atoms with Gasteiger partial charge in [0, 0.05) is 36.6 Å². The van der Waals surface area contributed by atoms with Crippen LogP contribution in [-0.4, -0.2) is 49.8 Å². The molecule has 0 unspecified atom stereocenters. The number of hydrogen-bond acceptors (Lipinski definition) is 5. The highest BCUT2D eigenvalue weighted by Gasteiger charge is 2.23. The minimum absolute atomic E-state index is 0. The molecule has 0 radical (unpaired) electrons. The van der Waals surface area contributed by atoms with Crippen LogP contribution in [0.1, 0.15) is 30.6 Å². The quantitative estimate of drug-likeness (QED) is 0.555. The van der Waals surface area contributed by atoms with Gasteiger partial charge in [-0.05, 0) is 31.2 Å². The summed E-state index contributed by atoms with van der Waals surface area (Å²) in [7, 11) is -3.67. The molecule has 27 heavy (non-hydrogen) atoms. The zero-order valence-corrected chi connectivity index (χ0v) is 17.0. The first kappa shape index (κ1) is 23.1. The zero-order valence-electron chi connectivity index (χ0n) is 15.3. The van der Waals surface area contributed by atoms with Crippen LogP contribution in [0.15, 0.2) is 34.0 Å². The van der Waals surface area contributed by atoms with Crippen molar-refractivity contribution in [2.45, 2.75) is 25.2 Å². The van der Waals surface area contributed by atoms with Gasteiger partial charge in [-0.3, -0.25) is 9.59 Å². The molecule has 0 saturated carbocycles. The number of halogens is 1. The number of hydrogen-bond donors (Lipinski definition) is 3. The average Bonchev–Trinajstić information content (AvgIpc) is 2.61. The fourth-order valence-corrected chi connectivity index (χ4v) is 4.18. The lowest BCUT2D eigenvalue weighted by atomic mass is 10.1. The highest BCUT2D eigenvalue weighted by Crippen LogP contribution is 2.22. The van der Waals surface area contributed by atoms with Crippen molar-refractivity contribution in [3.05, 3.63) is 40.2 Å². The molecule has 2 aromatic rings. The molecule has 0 saturated heterocycles. The standard InChI is InChI=1S/C17H24N4O4S.ClH/c1-3-21(4-2)26(24,25)12-6-7-15-13(10-12)14(11-16(22)20-15)17(23)19-9-5-8-18;/h6-7,10-11H,3-5,8-9,18H2,1-2H3,(H,19,23)(H,20,22);1H. The first-order chi connectivity index (χ1) is 12.3. The Morgan fingerprint density at radius 3 is 2.48 bits per heavy atom. The van der Waals surface area contributed by atoms with Crippen molar-refractivity contribution < 1.29 is 13.2 Å². The van der Waals surface area contributed by atoms with Crippen molar-refractivity contribution in [1.82, 2.24) is 14.6 Å². The van der Waals surface area contributed by atoms with Crippen LogP contribution in [0.4, 0.5) is 0 Å². The summed E-state index contributed by atoms with van der Waals surface area (Å²) in [5.74, 6) is -0.438. The molecule has 0 fully saturated rings. The summed E-state index contributed by atoms with van der Waals surface area (Å²) in [5.41, 5.74) is 5.52. The molecule has 0 aliphatic heterocycles. The third-order valence-corrected chi connectivity index (χ3v) is 6.11. The summed E-state index contributed by atoms with van der Waals surface area (Å²) in [6.07, 6.45) is 0.606. The van der Waals surface area contributed by atoms with Crippen molar-refractivity contribution in [3.63, 3.8) is 0 Å². The number of nitrogens with two attached hydrogens (primary N) is 1. The van der Waals surface area contributed by atoms with Crippen LogP contribution in [0.5, 0.6) is 0 Å². The zero-order chi connectivity index (χ0) is 19.3. The molecule has 1 heterocycles. The van der Waals surface area contributed by atoms with Gasteiger partial charge in [0.05, 0.1) is 10.5 Å². The number of benzene rings is 1. The molecule has 150 valence electrons. The Labute approximate surface area is 164 Å². The molecule has 0 atom stereocenters. The van der Waals surface area contributed by atoms with E-state index in [1.807, 2.05) is 0 Å². The summed E-state index contributed by atoms with van der Waals surface area (Å²) in [6.45, 7) is 5.01. The smallest absolute Gasteiger partial charge is 0.252 e. The van der Waals surface area contributed by atoms with E-state index in [1.54, 1.807) is 13.8 Å². The monoisotopic (exact) mass is 416 g/mol. The highest BCUT2D eigenvalue weighted by molar-refractivity contribution is 7.89. The Hall–Kier alpha value is -1.94.